The number of carbonyl (C=O) groups excluding carboxylic acids is 2. The average Bonchev–Trinajstić information content (AvgIpc) is 3.26. The number of benzene rings is 1. The first-order valence-electron chi connectivity index (χ1n) is 10.2. The summed E-state index contributed by atoms with van der Waals surface area (Å²) in [7, 11) is 2.90. The predicted molar refractivity (Wildman–Crippen MR) is 122 cm³/mol. The van der Waals surface area contributed by atoms with E-state index < -0.39 is 23.8 Å². The van der Waals surface area contributed by atoms with Gasteiger partial charge in [0.1, 0.15) is 10.6 Å². The number of carboxylic acid groups (broad SMARTS) is 1. The molecule has 10 heteroatoms. The molecule has 0 aliphatic carbocycles. The van der Waals surface area contributed by atoms with Crippen LogP contribution in [0, 0.1) is 5.92 Å². The van der Waals surface area contributed by atoms with Crippen LogP contribution in [-0.4, -0.2) is 74.8 Å². The van der Waals surface area contributed by atoms with Gasteiger partial charge in [-0.25, -0.2) is 4.79 Å². The van der Waals surface area contributed by atoms with E-state index in [0.717, 1.165) is 35.9 Å². The highest BCUT2D eigenvalue weighted by Crippen LogP contribution is 2.24. The van der Waals surface area contributed by atoms with E-state index in [1.165, 1.54) is 7.11 Å². The number of rotatable bonds is 9. The molecule has 9 nitrogen and oxygen atoms in total. The van der Waals surface area contributed by atoms with Crippen LogP contribution in [-0.2, 0) is 14.3 Å². The normalized spacial score (nSPS) is 15.1. The molecule has 32 heavy (non-hydrogen) atoms. The van der Waals surface area contributed by atoms with Crippen molar-refractivity contribution >= 4 is 40.6 Å². The van der Waals surface area contributed by atoms with E-state index in [1.54, 1.807) is 18.6 Å². The first-order chi connectivity index (χ1) is 15.4. The first-order valence-corrected chi connectivity index (χ1v) is 11.1. The Morgan fingerprint density at radius 1 is 1.09 bits per heavy atom. The molecular weight excluding hydrogens is 434 g/mol. The zero-order valence-corrected chi connectivity index (χ0v) is 18.9. The van der Waals surface area contributed by atoms with Crippen LogP contribution >= 0.6 is 11.3 Å². The van der Waals surface area contributed by atoms with Crippen LogP contribution in [0.25, 0.3) is 0 Å². The van der Waals surface area contributed by atoms with Crippen LogP contribution < -0.4 is 15.0 Å². The Morgan fingerprint density at radius 2 is 1.78 bits per heavy atom. The van der Waals surface area contributed by atoms with Crippen LogP contribution in [0.5, 0.6) is 5.75 Å². The van der Waals surface area contributed by atoms with Crippen molar-refractivity contribution < 1.29 is 29.0 Å². The number of esters is 1. The van der Waals surface area contributed by atoms with Crippen molar-refractivity contribution in [3.05, 3.63) is 40.6 Å². The summed E-state index contributed by atoms with van der Waals surface area (Å²) in [5, 5.41) is 13.9. The molecular formula is C22H27N3O6S. The summed E-state index contributed by atoms with van der Waals surface area (Å²) in [5.74, 6) is -2.05. The van der Waals surface area contributed by atoms with Gasteiger partial charge in [-0.3, -0.25) is 14.5 Å². The quantitative estimate of drug-likeness (QED) is 0.548. The summed E-state index contributed by atoms with van der Waals surface area (Å²) >= 11 is 1.15. The molecule has 0 spiro atoms. The van der Waals surface area contributed by atoms with Crippen LogP contribution in [0.3, 0.4) is 0 Å². The molecule has 1 saturated heterocycles. The molecule has 3 rings (SSSR count). The number of aliphatic carboxylic acids is 1. The maximum absolute atomic E-state index is 12.5. The van der Waals surface area contributed by atoms with Crippen molar-refractivity contribution in [2.45, 2.75) is 6.42 Å². The third kappa shape index (κ3) is 5.98. The molecule has 1 aliphatic rings. The van der Waals surface area contributed by atoms with E-state index in [-0.39, 0.29) is 17.8 Å². The van der Waals surface area contributed by atoms with E-state index in [4.69, 9.17) is 9.47 Å². The second-order valence-electron chi connectivity index (χ2n) is 7.43. The van der Waals surface area contributed by atoms with Gasteiger partial charge in [-0.1, -0.05) is 0 Å². The topological polar surface area (TPSA) is 108 Å². The van der Waals surface area contributed by atoms with Crippen molar-refractivity contribution in [2.75, 3.05) is 57.2 Å². The fraction of sp³-hybridized carbons (Fsp3) is 0.409. The Hall–Kier alpha value is -3.11. The predicted octanol–water partition coefficient (Wildman–Crippen LogP) is 2.39. The lowest BCUT2D eigenvalue weighted by molar-refractivity contribution is -0.144. The van der Waals surface area contributed by atoms with Gasteiger partial charge in [0.25, 0.3) is 0 Å². The number of nitrogens with one attached hydrogen (secondary N) is 1. The number of anilines is 2. The van der Waals surface area contributed by atoms with Crippen LogP contribution in [0.2, 0.25) is 0 Å². The van der Waals surface area contributed by atoms with Gasteiger partial charge in [-0.05, 0) is 35.7 Å². The Bertz CT molecular complexity index is 937. The number of hydrogen-bond donors (Lipinski definition) is 2. The molecule has 1 aromatic carbocycles. The lowest BCUT2D eigenvalue weighted by Crippen LogP contribution is -2.48. The molecule has 1 aliphatic heterocycles. The number of thiophene rings is 1. The summed E-state index contributed by atoms with van der Waals surface area (Å²) in [5.41, 5.74) is 1.43. The van der Waals surface area contributed by atoms with Gasteiger partial charge in [-0.15, -0.1) is 11.3 Å². The molecule has 0 bridgehead atoms. The van der Waals surface area contributed by atoms with Gasteiger partial charge in [0.15, 0.2) is 0 Å². The third-order valence-corrected chi connectivity index (χ3v) is 6.27. The van der Waals surface area contributed by atoms with E-state index in [2.05, 4.69) is 15.1 Å². The average molecular weight is 462 g/mol. The molecule has 2 aromatic rings. The van der Waals surface area contributed by atoms with Gasteiger partial charge in [-0.2, -0.15) is 0 Å². The highest BCUT2D eigenvalue weighted by atomic mass is 32.1. The van der Waals surface area contributed by atoms with Crippen molar-refractivity contribution in [3.63, 3.8) is 0 Å². The van der Waals surface area contributed by atoms with Crippen LogP contribution in [0.15, 0.2) is 35.7 Å². The minimum absolute atomic E-state index is 0.176. The molecule has 1 aromatic heterocycles. The van der Waals surface area contributed by atoms with Crippen molar-refractivity contribution in [1.82, 2.24) is 4.90 Å². The summed E-state index contributed by atoms with van der Waals surface area (Å²) < 4.78 is 9.89. The summed E-state index contributed by atoms with van der Waals surface area (Å²) in [6, 6.07) is 9.44. The van der Waals surface area contributed by atoms with E-state index >= 15 is 0 Å². The largest absolute Gasteiger partial charge is 0.497 e. The monoisotopic (exact) mass is 461 g/mol. The minimum atomic E-state index is -1.02. The number of hydrogen-bond acceptors (Lipinski definition) is 8. The Morgan fingerprint density at radius 3 is 2.38 bits per heavy atom. The fourth-order valence-corrected chi connectivity index (χ4v) is 4.37. The van der Waals surface area contributed by atoms with Crippen LogP contribution in [0.1, 0.15) is 16.1 Å². The molecule has 2 heterocycles. The molecule has 2 N–H and O–H groups in total. The van der Waals surface area contributed by atoms with E-state index in [9.17, 15) is 19.5 Å². The zero-order valence-electron chi connectivity index (χ0n) is 18.1. The molecule has 0 radical (unpaired) electrons. The van der Waals surface area contributed by atoms with Crippen molar-refractivity contribution in [2.24, 2.45) is 5.92 Å². The number of carbonyl (C=O) groups is 3. The lowest BCUT2D eigenvalue weighted by atomic mass is 10.0. The third-order valence-electron chi connectivity index (χ3n) is 5.38. The van der Waals surface area contributed by atoms with Crippen molar-refractivity contribution in [1.29, 1.82) is 0 Å². The summed E-state index contributed by atoms with van der Waals surface area (Å²) in [6.07, 6.45) is -0.176. The van der Waals surface area contributed by atoms with Gasteiger partial charge in [0.2, 0.25) is 5.91 Å². The number of carboxylic acids is 1. The molecule has 0 saturated carbocycles. The Kier molecular flexibility index (Phi) is 8.07. The van der Waals surface area contributed by atoms with E-state index in [0.29, 0.717) is 18.8 Å². The molecule has 1 amide bonds. The SMILES string of the molecule is COC(=O)c1sccc1NC(=O)C[C@H](CN1CCN(c2ccc(OC)cc2)CC1)C(=O)O. The summed E-state index contributed by atoms with van der Waals surface area (Å²) in [6.45, 7) is 3.22. The zero-order chi connectivity index (χ0) is 23.1. The second kappa shape index (κ2) is 11.0. The first kappa shape index (κ1) is 23.6. The van der Waals surface area contributed by atoms with Crippen molar-refractivity contribution in [3.8, 4) is 5.75 Å². The standard InChI is InChI=1S/C22H27N3O6S/c1-30-17-5-3-16(4-6-17)25-10-8-24(9-11-25)14-15(21(27)28)13-19(26)23-18-7-12-32-20(18)22(29)31-2/h3-7,12,15H,8-11,13-14H2,1-2H3,(H,23,26)(H,27,28)/t15-/m1/s1. The second-order valence-corrected chi connectivity index (χ2v) is 8.34. The molecule has 1 atom stereocenters. The van der Waals surface area contributed by atoms with Gasteiger partial charge < -0.3 is 24.8 Å². The minimum Gasteiger partial charge on any atom is -0.497 e. The Balaban J connectivity index is 1.52. The molecule has 0 unspecified atom stereocenters. The maximum Gasteiger partial charge on any atom is 0.350 e. The number of ether oxygens (including phenoxy) is 2. The Labute approximate surface area is 190 Å². The lowest BCUT2D eigenvalue weighted by Gasteiger charge is -2.37. The number of methoxy groups -OCH3 is 2. The fourth-order valence-electron chi connectivity index (χ4n) is 3.61. The summed E-state index contributed by atoms with van der Waals surface area (Å²) in [4.78, 5) is 40.6. The maximum atomic E-state index is 12.5. The highest BCUT2D eigenvalue weighted by Gasteiger charge is 2.27. The molecule has 1 fully saturated rings. The van der Waals surface area contributed by atoms with Gasteiger partial charge in [0, 0.05) is 44.8 Å². The van der Waals surface area contributed by atoms with Crippen LogP contribution in [0.4, 0.5) is 11.4 Å². The smallest absolute Gasteiger partial charge is 0.350 e. The van der Waals surface area contributed by atoms with Gasteiger partial charge in [0.05, 0.1) is 25.8 Å². The number of nitrogens with zero attached hydrogens (tertiary/aromatic N) is 2. The molecule has 172 valence electrons. The number of amides is 1. The van der Waals surface area contributed by atoms with Gasteiger partial charge >= 0.3 is 11.9 Å². The number of piperazine rings is 1. The highest BCUT2D eigenvalue weighted by molar-refractivity contribution is 7.12. The van der Waals surface area contributed by atoms with E-state index in [1.807, 2.05) is 24.3 Å².